The average Bonchev–Trinajstić information content (AvgIpc) is 2.92. The summed E-state index contributed by atoms with van der Waals surface area (Å²) in [5.41, 5.74) is 1.36. The minimum atomic E-state index is 0.413. The van der Waals surface area contributed by atoms with E-state index in [1.807, 2.05) is 6.07 Å². The van der Waals surface area contributed by atoms with E-state index in [9.17, 15) is 4.79 Å². The second kappa shape index (κ2) is 5.08. The van der Waals surface area contributed by atoms with Gasteiger partial charge in [0, 0.05) is 12.6 Å². The van der Waals surface area contributed by atoms with Crippen molar-refractivity contribution in [1.82, 2.24) is 4.90 Å². The van der Waals surface area contributed by atoms with E-state index in [4.69, 9.17) is 4.42 Å². The van der Waals surface area contributed by atoms with Crippen molar-refractivity contribution < 1.29 is 9.21 Å². The van der Waals surface area contributed by atoms with Crippen LogP contribution in [0.5, 0.6) is 0 Å². The third-order valence-electron chi connectivity index (χ3n) is 3.19. The lowest BCUT2D eigenvalue weighted by atomic mass is 10.3. The fourth-order valence-electron chi connectivity index (χ4n) is 2.11. The summed E-state index contributed by atoms with van der Waals surface area (Å²) in [5, 5.41) is 4.30. The molecule has 0 radical (unpaired) electrons. The topological polar surface area (TPSA) is 33.5 Å². The molecule has 0 saturated heterocycles. The third kappa shape index (κ3) is 2.71. The highest BCUT2D eigenvalue weighted by Gasteiger charge is 2.29. The molecule has 2 heterocycles. The Hall–Kier alpha value is -1.39. The normalized spacial score (nSPS) is 15.2. The second-order valence-corrected chi connectivity index (χ2v) is 5.47. The number of thiophene rings is 1. The van der Waals surface area contributed by atoms with Crippen molar-refractivity contribution in [2.75, 3.05) is 0 Å². The van der Waals surface area contributed by atoms with E-state index < -0.39 is 0 Å². The van der Waals surface area contributed by atoms with Gasteiger partial charge in [0.15, 0.2) is 12.0 Å². The summed E-state index contributed by atoms with van der Waals surface area (Å²) in [6.07, 6.45) is 3.29. The Morgan fingerprint density at radius 3 is 2.83 bits per heavy atom. The van der Waals surface area contributed by atoms with Crippen LogP contribution in [0.4, 0.5) is 0 Å². The molecule has 3 nitrogen and oxygen atoms in total. The van der Waals surface area contributed by atoms with Crippen molar-refractivity contribution in [3.05, 3.63) is 46.0 Å². The van der Waals surface area contributed by atoms with Crippen LogP contribution >= 0.6 is 11.3 Å². The summed E-state index contributed by atoms with van der Waals surface area (Å²) in [6, 6.07) is 6.47. The van der Waals surface area contributed by atoms with Crippen molar-refractivity contribution >= 4 is 17.6 Å². The van der Waals surface area contributed by atoms with Crippen LogP contribution in [-0.4, -0.2) is 17.2 Å². The maximum absolute atomic E-state index is 10.6. The molecule has 2 aromatic heterocycles. The van der Waals surface area contributed by atoms with Crippen LogP contribution in [0.15, 0.2) is 33.4 Å². The maximum atomic E-state index is 10.6. The van der Waals surface area contributed by atoms with Crippen molar-refractivity contribution in [3.8, 4) is 0 Å². The first-order valence-electron chi connectivity index (χ1n) is 6.14. The lowest BCUT2D eigenvalue weighted by molar-refractivity contribution is 0.109. The molecule has 0 spiro atoms. The summed E-state index contributed by atoms with van der Waals surface area (Å²) < 4.78 is 5.45. The summed E-state index contributed by atoms with van der Waals surface area (Å²) in [5.74, 6) is 1.29. The highest BCUT2D eigenvalue weighted by Crippen LogP contribution is 2.30. The largest absolute Gasteiger partial charge is 0.457 e. The van der Waals surface area contributed by atoms with Crippen LogP contribution in [0.3, 0.4) is 0 Å². The van der Waals surface area contributed by atoms with E-state index >= 15 is 0 Å². The van der Waals surface area contributed by atoms with E-state index in [1.54, 1.807) is 17.4 Å². The number of aldehydes is 1. The number of hydrogen-bond acceptors (Lipinski definition) is 4. The van der Waals surface area contributed by atoms with E-state index in [0.717, 1.165) is 25.1 Å². The van der Waals surface area contributed by atoms with Gasteiger partial charge >= 0.3 is 0 Å². The van der Waals surface area contributed by atoms with Gasteiger partial charge in [-0.25, -0.2) is 0 Å². The lowest BCUT2D eigenvalue weighted by Crippen LogP contribution is -2.24. The number of carbonyl (C=O) groups excluding carboxylic acids is 1. The number of hydrogen-bond donors (Lipinski definition) is 0. The highest BCUT2D eigenvalue weighted by atomic mass is 32.1. The smallest absolute Gasteiger partial charge is 0.185 e. The molecule has 1 aliphatic carbocycles. The molecular formula is C14H15NO2S. The first-order valence-corrected chi connectivity index (χ1v) is 7.08. The van der Waals surface area contributed by atoms with Gasteiger partial charge in [-0.3, -0.25) is 9.69 Å². The molecule has 0 unspecified atom stereocenters. The molecule has 1 fully saturated rings. The SMILES string of the molecule is O=Cc1ccc(CN(Cc2ccsc2)C2CC2)o1. The number of rotatable bonds is 6. The van der Waals surface area contributed by atoms with E-state index in [2.05, 4.69) is 21.7 Å². The van der Waals surface area contributed by atoms with Crippen LogP contribution in [0.25, 0.3) is 0 Å². The lowest BCUT2D eigenvalue weighted by Gasteiger charge is -2.20. The van der Waals surface area contributed by atoms with Gasteiger partial charge in [0.1, 0.15) is 5.76 Å². The molecular weight excluding hydrogens is 246 g/mol. The van der Waals surface area contributed by atoms with Gasteiger partial charge in [0.2, 0.25) is 0 Å². The first-order chi connectivity index (χ1) is 8.85. The van der Waals surface area contributed by atoms with Crippen molar-refractivity contribution in [3.63, 3.8) is 0 Å². The standard InChI is InChI=1S/C14H15NO2S/c16-9-14-4-3-13(17-14)8-15(12-1-2-12)7-11-5-6-18-10-11/h3-6,9-10,12H,1-2,7-8H2. The molecule has 2 aromatic rings. The quantitative estimate of drug-likeness (QED) is 0.748. The fraction of sp³-hybridized carbons (Fsp3) is 0.357. The van der Waals surface area contributed by atoms with Crippen LogP contribution in [0.1, 0.15) is 34.7 Å². The molecule has 0 aliphatic heterocycles. The predicted octanol–water partition coefficient (Wildman–Crippen LogP) is 3.32. The Bertz CT molecular complexity index is 514. The van der Waals surface area contributed by atoms with Crippen LogP contribution in [0.2, 0.25) is 0 Å². The zero-order valence-corrected chi connectivity index (χ0v) is 10.9. The third-order valence-corrected chi connectivity index (χ3v) is 3.92. The molecule has 1 aliphatic rings. The van der Waals surface area contributed by atoms with E-state index in [1.165, 1.54) is 18.4 Å². The molecule has 94 valence electrons. The molecule has 18 heavy (non-hydrogen) atoms. The molecule has 0 N–H and O–H groups in total. The number of nitrogens with zero attached hydrogens (tertiary/aromatic N) is 1. The summed E-state index contributed by atoms with van der Waals surface area (Å²) in [6.45, 7) is 1.75. The minimum Gasteiger partial charge on any atom is -0.457 e. The van der Waals surface area contributed by atoms with E-state index in [-0.39, 0.29) is 0 Å². The first kappa shape index (κ1) is 11.7. The van der Waals surface area contributed by atoms with E-state index in [0.29, 0.717) is 11.8 Å². The zero-order chi connectivity index (χ0) is 12.4. The minimum absolute atomic E-state index is 0.413. The Labute approximate surface area is 110 Å². The van der Waals surface area contributed by atoms with Gasteiger partial charge < -0.3 is 4.42 Å². The van der Waals surface area contributed by atoms with Gasteiger partial charge in [-0.05, 0) is 47.4 Å². The summed E-state index contributed by atoms with van der Waals surface area (Å²) in [7, 11) is 0. The molecule has 3 rings (SSSR count). The van der Waals surface area contributed by atoms with Crippen molar-refractivity contribution in [1.29, 1.82) is 0 Å². The molecule has 4 heteroatoms. The molecule has 0 amide bonds. The van der Waals surface area contributed by atoms with Gasteiger partial charge in [-0.2, -0.15) is 11.3 Å². The Balaban J connectivity index is 1.68. The fourth-order valence-corrected chi connectivity index (χ4v) is 2.77. The van der Waals surface area contributed by atoms with Gasteiger partial charge in [-0.15, -0.1) is 0 Å². The number of carbonyl (C=O) groups is 1. The summed E-state index contributed by atoms with van der Waals surface area (Å²) >= 11 is 1.73. The molecule has 0 bridgehead atoms. The van der Waals surface area contributed by atoms with Gasteiger partial charge in [0.05, 0.1) is 6.54 Å². The monoisotopic (exact) mass is 261 g/mol. The second-order valence-electron chi connectivity index (χ2n) is 4.69. The van der Waals surface area contributed by atoms with Gasteiger partial charge in [-0.1, -0.05) is 0 Å². The van der Waals surface area contributed by atoms with Crippen molar-refractivity contribution in [2.45, 2.75) is 32.0 Å². The highest BCUT2D eigenvalue weighted by molar-refractivity contribution is 7.07. The Kier molecular flexibility index (Phi) is 3.30. The summed E-state index contributed by atoms with van der Waals surface area (Å²) in [4.78, 5) is 13.0. The predicted molar refractivity (Wildman–Crippen MR) is 70.7 cm³/mol. The molecule has 0 aromatic carbocycles. The Morgan fingerprint density at radius 1 is 1.33 bits per heavy atom. The van der Waals surface area contributed by atoms with Gasteiger partial charge in [0.25, 0.3) is 0 Å². The molecule has 1 saturated carbocycles. The zero-order valence-electron chi connectivity index (χ0n) is 10.0. The average molecular weight is 261 g/mol. The number of furan rings is 1. The maximum Gasteiger partial charge on any atom is 0.185 e. The molecule has 0 atom stereocenters. The Morgan fingerprint density at radius 2 is 2.22 bits per heavy atom. The van der Waals surface area contributed by atoms with Crippen LogP contribution in [0, 0.1) is 0 Å². The van der Waals surface area contributed by atoms with Crippen LogP contribution in [-0.2, 0) is 13.1 Å². The van der Waals surface area contributed by atoms with Crippen LogP contribution < -0.4 is 0 Å². The van der Waals surface area contributed by atoms with Crippen molar-refractivity contribution in [2.24, 2.45) is 0 Å².